The summed E-state index contributed by atoms with van der Waals surface area (Å²) in [6.07, 6.45) is 3.48. The third-order valence-electron chi connectivity index (χ3n) is 1.41. The molecule has 0 aromatic heterocycles. The number of carbonyl (C=O) groups is 1. The molecule has 0 aliphatic rings. The lowest BCUT2D eigenvalue weighted by Crippen LogP contribution is -2.10. The molecule has 0 atom stereocenters. The standard InChI is InChI=1S/C7H11N2O3/c8-6-7(9(11)12)4-2-1-3-5-10/h5-6,8H,1-4H2. The molecule has 0 aliphatic heterocycles. The van der Waals surface area contributed by atoms with Crippen LogP contribution in [0.1, 0.15) is 25.7 Å². The molecule has 0 heterocycles. The van der Waals surface area contributed by atoms with Crippen LogP contribution in [0, 0.1) is 21.6 Å². The van der Waals surface area contributed by atoms with Crippen molar-refractivity contribution in [2.24, 2.45) is 0 Å². The maximum atomic E-state index is 10.1. The summed E-state index contributed by atoms with van der Waals surface area (Å²) in [6, 6.07) is -0.0964. The lowest BCUT2D eigenvalue weighted by molar-refractivity contribution is -0.453. The van der Waals surface area contributed by atoms with Gasteiger partial charge in [0.1, 0.15) is 6.29 Å². The molecule has 0 amide bonds. The van der Waals surface area contributed by atoms with Crippen molar-refractivity contribution in [1.29, 1.82) is 5.41 Å². The topological polar surface area (TPSA) is 84.1 Å². The van der Waals surface area contributed by atoms with Crippen molar-refractivity contribution in [2.45, 2.75) is 25.7 Å². The third kappa shape index (κ3) is 4.54. The average molecular weight is 171 g/mol. The zero-order chi connectivity index (χ0) is 9.40. The first-order chi connectivity index (χ1) is 5.72. The largest absolute Gasteiger partial charge is 0.329 e. The van der Waals surface area contributed by atoms with Crippen LogP contribution in [-0.4, -0.2) is 17.4 Å². The minimum absolute atomic E-state index is 0.0964. The molecule has 0 bridgehead atoms. The molecule has 5 heteroatoms. The van der Waals surface area contributed by atoms with E-state index in [2.05, 4.69) is 0 Å². The van der Waals surface area contributed by atoms with Crippen LogP contribution in [0.25, 0.3) is 0 Å². The highest BCUT2D eigenvalue weighted by molar-refractivity contribution is 5.67. The normalized spacial score (nSPS) is 9.75. The zero-order valence-electron chi connectivity index (χ0n) is 6.66. The number of nitro groups is 1. The van der Waals surface area contributed by atoms with Gasteiger partial charge in [0.25, 0.3) is 0 Å². The van der Waals surface area contributed by atoms with Crippen molar-refractivity contribution in [2.75, 3.05) is 0 Å². The Bertz CT molecular complexity index is 170. The Labute approximate surface area is 70.4 Å². The zero-order valence-corrected chi connectivity index (χ0v) is 6.66. The fourth-order valence-corrected chi connectivity index (χ4v) is 0.750. The summed E-state index contributed by atoms with van der Waals surface area (Å²) in [7, 11) is 0. The molecular formula is C7H11N2O3. The van der Waals surface area contributed by atoms with E-state index < -0.39 is 4.92 Å². The van der Waals surface area contributed by atoms with Crippen molar-refractivity contribution in [3.05, 3.63) is 16.2 Å². The molecule has 0 aromatic rings. The van der Waals surface area contributed by atoms with E-state index in [4.69, 9.17) is 5.41 Å². The van der Waals surface area contributed by atoms with Crippen LogP contribution in [0.5, 0.6) is 0 Å². The first kappa shape index (κ1) is 10.7. The van der Waals surface area contributed by atoms with Crippen LogP contribution in [0.2, 0.25) is 0 Å². The molecule has 1 radical (unpaired) electrons. The lowest BCUT2D eigenvalue weighted by atomic mass is 10.1. The van der Waals surface area contributed by atoms with Crippen molar-refractivity contribution in [3.8, 4) is 0 Å². The molecule has 0 unspecified atom stereocenters. The first-order valence-electron chi connectivity index (χ1n) is 3.66. The minimum Gasteiger partial charge on any atom is -0.305 e. The number of nitrogens with zero attached hydrogens (tertiary/aromatic N) is 1. The highest BCUT2D eigenvalue weighted by Crippen LogP contribution is 2.09. The summed E-state index contributed by atoms with van der Waals surface area (Å²) in [4.78, 5) is 19.4. The summed E-state index contributed by atoms with van der Waals surface area (Å²) in [5.41, 5.74) is 0. The van der Waals surface area contributed by atoms with Crippen molar-refractivity contribution in [3.63, 3.8) is 0 Å². The lowest BCUT2D eigenvalue weighted by Gasteiger charge is -1.98. The summed E-state index contributed by atoms with van der Waals surface area (Å²) in [5.74, 6) is 0. The highest BCUT2D eigenvalue weighted by Gasteiger charge is 2.18. The van der Waals surface area contributed by atoms with Crippen molar-refractivity contribution >= 4 is 12.5 Å². The SMILES string of the molecule is N=C[C](CCCCC=O)[N+](=O)[O-]. The number of nitrogens with one attached hydrogen (secondary N) is 1. The molecule has 5 nitrogen and oxygen atoms in total. The molecule has 67 valence electrons. The van der Waals surface area contributed by atoms with Crippen LogP contribution in [0.15, 0.2) is 0 Å². The van der Waals surface area contributed by atoms with Crippen LogP contribution in [-0.2, 0) is 4.79 Å². The van der Waals surface area contributed by atoms with Gasteiger partial charge in [-0.2, -0.15) is 0 Å². The van der Waals surface area contributed by atoms with E-state index in [1.165, 1.54) is 0 Å². The molecule has 1 N–H and O–H groups in total. The Morgan fingerprint density at radius 3 is 2.58 bits per heavy atom. The van der Waals surface area contributed by atoms with E-state index in [1.807, 2.05) is 0 Å². The van der Waals surface area contributed by atoms with E-state index in [0.29, 0.717) is 19.3 Å². The van der Waals surface area contributed by atoms with E-state index in [1.54, 1.807) is 0 Å². The van der Waals surface area contributed by atoms with Gasteiger partial charge in [0, 0.05) is 17.8 Å². The van der Waals surface area contributed by atoms with Crippen LogP contribution in [0.3, 0.4) is 0 Å². The van der Waals surface area contributed by atoms with E-state index >= 15 is 0 Å². The Hall–Kier alpha value is -1.26. The molecule has 0 saturated heterocycles. The minimum atomic E-state index is -0.562. The molecule has 0 fully saturated rings. The molecule has 12 heavy (non-hydrogen) atoms. The Kier molecular flexibility index (Phi) is 5.77. The quantitative estimate of drug-likeness (QED) is 0.205. The van der Waals surface area contributed by atoms with Gasteiger partial charge < -0.3 is 10.2 Å². The van der Waals surface area contributed by atoms with Gasteiger partial charge in [-0.15, -0.1) is 0 Å². The second-order valence-electron chi connectivity index (χ2n) is 2.31. The fourth-order valence-electron chi connectivity index (χ4n) is 0.750. The van der Waals surface area contributed by atoms with Crippen molar-refractivity contribution < 1.29 is 9.72 Å². The molecular weight excluding hydrogens is 160 g/mol. The van der Waals surface area contributed by atoms with E-state index in [0.717, 1.165) is 12.5 Å². The Morgan fingerprint density at radius 2 is 2.17 bits per heavy atom. The molecule has 0 saturated carbocycles. The third-order valence-corrected chi connectivity index (χ3v) is 1.41. The number of rotatable bonds is 7. The summed E-state index contributed by atoms with van der Waals surface area (Å²) in [6.45, 7) is 0. The predicted molar refractivity (Wildman–Crippen MR) is 43.6 cm³/mol. The number of hydrogen-bond acceptors (Lipinski definition) is 4. The van der Waals surface area contributed by atoms with Gasteiger partial charge >= 0.3 is 6.04 Å². The average Bonchev–Trinajstić information content (AvgIpc) is 2.04. The van der Waals surface area contributed by atoms with Gasteiger partial charge in [0.2, 0.25) is 0 Å². The van der Waals surface area contributed by atoms with Gasteiger partial charge in [0.05, 0.1) is 6.21 Å². The number of aldehydes is 1. The second-order valence-corrected chi connectivity index (χ2v) is 2.31. The summed E-state index contributed by atoms with van der Waals surface area (Å²) in [5, 5.41) is 16.8. The number of carbonyl (C=O) groups excluding carboxylic acids is 1. The smallest absolute Gasteiger partial charge is 0.305 e. The Balaban J connectivity index is 3.51. The fraction of sp³-hybridized carbons (Fsp3) is 0.571. The van der Waals surface area contributed by atoms with Crippen molar-refractivity contribution in [1.82, 2.24) is 0 Å². The van der Waals surface area contributed by atoms with Gasteiger partial charge in [0.15, 0.2) is 0 Å². The number of unbranched alkanes of at least 4 members (excludes halogenated alkanes) is 2. The van der Waals surface area contributed by atoms with Crippen LogP contribution in [0.4, 0.5) is 0 Å². The van der Waals surface area contributed by atoms with Crippen LogP contribution < -0.4 is 0 Å². The predicted octanol–water partition coefficient (Wildman–Crippen LogP) is 1.20. The number of hydrogen-bond donors (Lipinski definition) is 1. The summed E-state index contributed by atoms with van der Waals surface area (Å²) >= 11 is 0. The monoisotopic (exact) mass is 171 g/mol. The molecule has 0 aliphatic carbocycles. The highest BCUT2D eigenvalue weighted by atomic mass is 16.6. The summed E-state index contributed by atoms with van der Waals surface area (Å²) < 4.78 is 0. The molecule has 0 aromatic carbocycles. The Morgan fingerprint density at radius 1 is 1.50 bits per heavy atom. The van der Waals surface area contributed by atoms with Gasteiger partial charge in [-0.3, -0.25) is 10.1 Å². The van der Waals surface area contributed by atoms with Gasteiger partial charge in [-0.25, -0.2) is 0 Å². The second kappa shape index (κ2) is 6.45. The molecule has 0 spiro atoms. The van der Waals surface area contributed by atoms with Gasteiger partial charge in [-0.1, -0.05) is 0 Å². The van der Waals surface area contributed by atoms with E-state index in [9.17, 15) is 14.9 Å². The maximum absolute atomic E-state index is 10.1. The van der Waals surface area contributed by atoms with Gasteiger partial charge in [-0.05, 0) is 12.8 Å². The van der Waals surface area contributed by atoms with Crippen LogP contribution >= 0.6 is 0 Å². The van der Waals surface area contributed by atoms with E-state index in [-0.39, 0.29) is 12.5 Å². The molecule has 0 rings (SSSR count). The first-order valence-corrected chi connectivity index (χ1v) is 3.66. The maximum Gasteiger partial charge on any atom is 0.329 e.